The molecule has 0 aromatic carbocycles. The topological polar surface area (TPSA) is 105 Å². The van der Waals surface area contributed by atoms with Crippen molar-refractivity contribution in [3.63, 3.8) is 0 Å². The maximum Gasteiger partial charge on any atom is 0.409 e. The van der Waals surface area contributed by atoms with Gasteiger partial charge in [-0.1, -0.05) is 0 Å². The number of carbonyl (C=O) groups excluding carboxylic acids is 1. The molecule has 0 bridgehead atoms. The van der Waals surface area contributed by atoms with Gasteiger partial charge < -0.3 is 15.0 Å². The van der Waals surface area contributed by atoms with Gasteiger partial charge in [0.25, 0.3) is 0 Å². The molecule has 0 aliphatic carbocycles. The summed E-state index contributed by atoms with van der Waals surface area (Å²) in [6.07, 6.45) is 1.48. The van der Waals surface area contributed by atoms with E-state index in [2.05, 4.69) is 20.7 Å². The normalized spacial score (nSPS) is 15.7. The number of hydrogen-bond donors (Lipinski definition) is 3. The third-order valence-corrected chi connectivity index (χ3v) is 3.36. The van der Waals surface area contributed by atoms with E-state index in [0.717, 1.165) is 24.4 Å². The Hall–Kier alpha value is -2.09. The Morgan fingerprint density at radius 3 is 2.81 bits per heavy atom. The zero-order valence-electron chi connectivity index (χ0n) is 12.4. The Kier molecular flexibility index (Phi) is 5.15. The van der Waals surface area contributed by atoms with Gasteiger partial charge in [0.2, 0.25) is 5.95 Å². The van der Waals surface area contributed by atoms with Gasteiger partial charge in [-0.15, -0.1) is 0 Å². The van der Waals surface area contributed by atoms with Crippen LogP contribution in [0.25, 0.3) is 0 Å². The zero-order valence-corrected chi connectivity index (χ0v) is 12.4. The summed E-state index contributed by atoms with van der Waals surface area (Å²) in [5.41, 5.74) is 3.29. The molecular weight excluding hydrogens is 272 g/mol. The maximum absolute atomic E-state index is 11.6. The Balaban J connectivity index is 1.89. The average molecular weight is 294 g/mol. The van der Waals surface area contributed by atoms with Crippen LogP contribution in [0.1, 0.15) is 25.5 Å². The van der Waals surface area contributed by atoms with Crippen molar-refractivity contribution in [2.24, 2.45) is 5.84 Å². The molecule has 8 heteroatoms. The number of nitrogen functional groups attached to an aromatic ring is 1. The first kappa shape index (κ1) is 15.3. The van der Waals surface area contributed by atoms with E-state index >= 15 is 0 Å². The molecule has 1 aromatic rings. The third kappa shape index (κ3) is 4.19. The van der Waals surface area contributed by atoms with Crippen molar-refractivity contribution in [2.75, 3.05) is 30.4 Å². The molecule has 116 valence electrons. The smallest absolute Gasteiger partial charge is 0.409 e. The van der Waals surface area contributed by atoms with Crippen LogP contribution in [0, 0.1) is 6.92 Å². The van der Waals surface area contributed by atoms with Crippen LogP contribution < -0.4 is 16.6 Å². The third-order valence-electron chi connectivity index (χ3n) is 3.36. The average Bonchev–Trinajstić information content (AvgIpc) is 2.47. The Morgan fingerprint density at radius 2 is 2.19 bits per heavy atom. The lowest BCUT2D eigenvalue weighted by Crippen LogP contribution is -2.42. The zero-order chi connectivity index (χ0) is 15.2. The monoisotopic (exact) mass is 294 g/mol. The highest BCUT2D eigenvalue weighted by atomic mass is 16.6. The van der Waals surface area contributed by atoms with Gasteiger partial charge >= 0.3 is 6.09 Å². The van der Waals surface area contributed by atoms with Crippen molar-refractivity contribution in [1.29, 1.82) is 0 Å². The first-order chi connectivity index (χ1) is 10.1. The van der Waals surface area contributed by atoms with E-state index in [-0.39, 0.29) is 12.1 Å². The van der Waals surface area contributed by atoms with Crippen molar-refractivity contribution in [2.45, 2.75) is 32.7 Å². The van der Waals surface area contributed by atoms with Crippen molar-refractivity contribution < 1.29 is 9.53 Å². The number of hydrogen-bond acceptors (Lipinski definition) is 7. The molecule has 8 nitrogen and oxygen atoms in total. The minimum absolute atomic E-state index is 0.233. The van der Waals surface area contributed by atoms with Crippen LogP contribution in [0.5, 0.6) is 0 Å². The van der Waals surface area contributed by atoms with Crippen molar-refractivity contribution >= 4 is 17.9 Å². The van der Waals surface area contributed by atoms with E-state index in [1.807, 2.05) is 19.9 Å². The van der Waals surface area contributed by atoms with E-state index in [0.29, 0.717) is 25.6 Å². The molecule has 1 aliphatic heterocycles. The van der Waals surface area contributed by atoms with Gasteiger partial charge in [-0.05, 0) is 26.7 Å². The standard InChI is InChI=1S/C13H22N6O2/c1-3-21-13(20)19-6-4-10(5-7-19)16-11-8-9(2)15-12(17-11)18-14/h8,10H,3-7,14H2,1-2H3,(H2,15,16,17,18). The summed E-state index contributed by atoms with van der Waals surface area (Å²) in [4.78, 5) is 21.8. The molecule has 1 aromatic heterocycles. The molecule has 2 heterocycles. The quantitative estimate of drug-likeness (QED) is 0.564. The number of nitrogens with one attached hydrogen (secondary N) is 2. The number of aromatic nitrogens is 2. The fraction of sp³-hybridized carbons (Fsp3) is 0.615. The van der Waals surface area contributed by atoms with E-state index in [1.165, 1.54) is 0 Å². The minimum Gasteiger partial charge on any atom is -0.450 e. The lowest BCUT2D eigenvalue weighted by molar-refractivity contribution is 0.0983. The molecule has 1 aliphatic rings. The summed E-state index contributed by atoms with van der Waals surface area (Å²) in [6.45, 7) is 5.47. The molecular formula is C13H22N6O2. The second kappa shape index (κ2) is 7.07. The number of amides is 1. The number of rotatable bonds is 4. The summed E-state index contributed by atoms with van der Waals surface area (Å²) in [5.74, 6) is 6.47. The number of carbonyl (C=O) groups is 1. The molecule has 0 radical (unpaired) electrons. The number of piperidine rings is 1. The van der Waals surface area contributed by atoms with E-state index in [1.54, 1.807) is 4.90 Å². The molecule has 4 N–H and O–H groups in total. The van der Waals surface area contributed by atoms with Crippen LogP contribution in [0.4, 0.5) is 16.6 Å². The molecule has 21 heavy (non-hydrogen) atoms. The number of ether oxygens (including phenoxy) is 1. The van der Waals surface area contributed by atoms with Gasteiger partial charge in [0.15, 0.2) is 0 Å². The van der Waals surface area contributed by atoms with Gasteiger partial charge in [0, 0.05) is 30.9 Å². The van der Waals surface area contributed by atoms with Crippen LogP contribution in [-0.2, 0) is 4.74 Å². The fourth-order valence-corrected chi connectivity index (χ4v) is 2.34. The number of nitrogens with zero attached hydrogens (tertiary/aromatic N) is 3. The second-order valence-corrected chi connectivity index (χ2v) is 4.97. The highest BCUT2D eigenvalue weighted by Gasteiger charge is 2.23. The number of aryl methyl sites for hydroxylation is 1. The Labute approximate surface area is 124 Å². The van der Waals surface area contributed by atoms with Gasteiger partial charge in [0.05, 0.1) is 6.61 Å². The van der Waals surface area contributed by atoms with Crippen molar-refractivity contribution in [1.82, 2.24) is 14.9 Å². The largest absolute Gasteiger partial charge is 0.450 e. The highest BCUT2D eigenvalue weighted by molar-refractivity contribution is 5.67. The lowest BCUT2D eigenvalue weighted by atomic mass is 10.1. The molecule has 1 amide bonds. The van der Waals surface area contributed by atoms with Crippen molar-refractivity contribution in [3.8, 4) is 0 Å². The first-order valence-corrected chi connectivity index (χ1v) is 7.13. The highest BCUT2D eigenvalue weighted by Crippen LogP contribution is 2.17. The summed E-state index contributed by atoms with van der Waals surface area (Å²) in [7, 11) is 0. The van der Waals surface area contributed by atoms with Crippen LogP contribution in [0.3, 0.4) is 0 Å². The Bertz CT molecular complexity index is 488. The van der Waals surface area contributed by atoms with E-state index < -0.39 is 0 Å². The van der Waals surface area contributed by atoms with Crippen LogP contribution >= 0.6 is 0 Å². The first-order valence-electron chi connectivity index (χ1n) is 7.13. The fourth-order valence-electron chi connectivity index (χ4n) is 2.34. The number of likely N-dealkylation sites (tertiary alicyclic amines) is 1. The van der Waals surface area contributed by atoms with Crippen LogP contribution in [-0.4, -0.2) is 46.7 Å². The minimum atomic E-state index is -0.233. The molecule has 0 unspecified atom stereocenters. The summed E-state index contributed by atoms with van der Waals surface area (Å²) in [6, 6.07) is 2.15. The molecule has 0 atom stereocenters. The van der Waals surface area contributed by atoms with Gasteiger partial charge in [0.1, 0.15) is 5.82 Å². The predicted molar refractivity (Wildman–Crippen MR) is 79.8 cm³/mol. The predicted octanol–water partition coefficient (Wildman–Crippen LogP) is 1.10. The SMILES string of the molecule is CCOC(=O)N1CCC(Nc2cc(C)nc(NN)n2)CC1. The van der Waals surface area contributed by atoms with Crippen LogP contribution in [0.2, 0.25) is 0 Å². The molecule has 0 spiro atoms. The van der Waals surface area contributed by atoms with E-state index in [4.69, 9.17) is 10.6 Å². The van der Waals surface area contributed by atoms with Crippen LogP contribution in [0.15, 0.2) is 6.07 Å². The number of hydrazine groups is 1. The number of anilines is 2. The molecule has 0 saturated carbocycles. The maximum atomic E-state index is 11.6. The summed E-state index contributed by atoms with van der Waals surface area (Å²) in [5, 5.41) is 3.36. The van der Waals surface area contributed by atoms with Crippen molar-refractivity contribution in [3.05, 3.63) is 11.8 Å². The summed E-state index contributed by atoms with van der Waals surface area (Å²) < 4.78 is 5.00. The Morgan fingerprint density at radius 1 is 1.48 bits per heavy atom. The molecule has 1 saturated heterocycles. The van der Waals surface area contributed by atoms with E-state index in [9.17, 15) is 4.79 Å². The summed E-state index contributed by atoms with van der Waals surface area (Å²) >= 11 is 0. The second-order valence-electron chi connectivity index (χ2n) is 4.97. The lowest BCUT2D eigenvalue weighted by Gasteiger charge is -2.31. The molecule has 2 rings (SSSR count). The van der Waals surface area contributed by atoms with Gasteiger partial charge in [-0.3, -0.25) is 5.43 Å². The van der Waals surface area contributed by atoms with Gasteiger partial charge in [-0.25, -0.2) is 15.6 Å². The van der Waals surface area contributed by atoms with Gasteiger partial charge in [-0.2, -0.15) is 4.98 Å². The number of nitrogens with two attached hydrogens (primary N) is 1. The molecule has 1 fully saturated rings.